The first kappa shape index (κ1) is 16.3. The Morgan fingerprint density at radius 2 is 2.09 bits per heavy atom. The first-order valence-electron chi connectivity index (χ1n) is 7.34. The van der Waals surface area contributed by atoms with Gasteiger partial charge in [0.2, 0.25) is 0 Å². The Balaban J connectivity index is 1.64. The average Bonchev–Trinajstić information content (AvgIpc) is 3.05. The Morgan fingerprint density at radius 1 is 1.32 bits per heavy atom. The molecular formula is C16H21NO5. The van der Waals surface area contributed by atoms with Crippen LogP contribution in [0.1, 0.15) is 18.4 Å². The third-order valence-corrected chi connectivity index (χ3v) is 3.42. The molecule has 1 aliphatic rings. The van der Waals surface area contributed by atoms with Crippen molar-refractivity contribution in [3.8, 4) is 5.75 Å². The second-order valence-corrected chi connectivity index (χ2v) is 5.12. The van der Waals surface area contributed by atoms with E-state index in [0.717, 1.165) is 30.8 Å². The Labute approximate surface area is 129 Å². The number of carbonyl (C=O) groups is 2. The fourth-order valence-electron chi connectivity index (χ4n) is 2.19. The third kappa shape index (κ3) is 5.37. The van der Waals surface area contributed by atoms with E-state index in [2.05, 4.69) is 5.32 Å². The van der Waals surface area contributed by atoms with Crippen LogP contribution in [0.25, 0.3) is 0 Å². The lowest BCUT2D eigenvalue weighted by molar-refractivity contribution is -0.148. The molecule has 0 radical (unpaired) electrons. The maximum Gasteiger partial charge on any atom is 0.310 e. The molecule has 6 nitrogen and oxygen atoms in total. The van der Waals surface area contributed by atoms with Crippen LogP contribution >= 0.6 is 0 Å². The zero-order valence-electron chi connectivity index (χ0n) is 12.7. The number of rotatable bonds is 7. The van der Waals surface area contributed by atoms with Crippen molar-refractivity contribution in [1.82, 2.24) is 5.32 Å². The van der Waals surface area contributed by atoms with E-state index >= 15 is 0 Å². The number of methoxy groups -OCH3 is 1. The number of amides is 1. The number of hydrogen-bond acceptors (Lipinski definition) is 5. The highest BCUT2D eigenvalue weighted by Gasteiger charge is 2.16. The van der Waals surface area contributed by atoms with Gasteiger partial charge in [0.15, 0.2) is 6.61 Å². The van der Waals surface area contributed by atoms with Crippen LogP contribution < -0.4 is 10.1 Å². The van der Waals surface area contributed by atoms with E-state index in [1.807, 2.05) is 0 Å². The second-order valence-electron chi connectivity index (χ2n) is 5.12. The van der Waals surface area contributed by atoms with Crippen molar-refractivity contribution >= 4 is 11.9 Å². The summed E-state index contributed by atoms with van der Waals surface area (Å²) in [6.07, 6.45) is 2.19. The Morgan fingerprint density at radius 3 is 2.73 bits per heavy atom. The molecule has 1 saturated heterocycles. The standard InChI is InChI=1S/C16H21NO5/c1-20-13-6-4-12(5-7-13)9-16(19)22-11-15(18)17-10-14-3-2-8-21-14/h4-7,14H,2-3,8-11H2,1H3,(H,17,18)/t14-/m1/s1. The number of hydrogen-bond donors (Lipinski definition) is 1. The van der Waals surface area contributed by atoms with E-state index in [0.29, 0.717) is 6.54 Å². The first-order valence-corrected chi connectivity index (χ1v) is 7.34. The first-order chi connectivity index (χ1) is 10.7. The lowest BCUT2D eigenvalue weighted by Crippen LogP contribution is -2.35. The average molecular weight is 307 g/mol. The molecule has 0 aliphatic carbocycles. The van der Waals surface area contributed by atoms with Crippen LogP contribution in [0.15, 0.2) is 24.3 Å². The van der Waals surface area contributed by atoms with Gasteiger partial charge in [0.1, 0.15) is 5.75 Å². The summed E-state index contributed by atoms with van der Waals surface area (Å²) in [5, 5.41) is 2.70. The van der Waals surface area contributed by atoms with Gasteiger partial charge in [-0.3, -0.25) is 9.59 Å². The monoisotopic (exact) mass is 307 g/mol. The van der Waals surface area contributed by atoms with Crippen molar-refractivity contribution in [2.45, 2.75) is 25.4 Å². The maximum absolute atomic E-state index is 11.7. The highest BCUT2D eigenvalue weighted by Crippen LogP contribution is 2.12. The predicted molar refractivity (Wildman–Crippen MR) is 79.6 cm³/mol. The molecular weight excluding hydrogens is 286 g/mol. The molecule has 1 aromatic carbocycles. The smallest absolute Gasteiger partial charge is 0.310 e. The van der Waals surface area contributed by atoms with Crippen molar-refractivity contribution in [3.63, 3.8) is 0 Å². The molecule has 0 spiro atoms. The van der Waals surface area contributed by atoms with Gasteiger partial charge in [-0.05, 0) is 30.5 Å². The van der Waals surface area contributed by atoms with E-state index in [1.54, 1.807) is 31.4 Å². The van der Waals surface area contributed by atoms with Crippen molar-refractivity contribution < 1.29 is 23.8 Å². The molecule has 1 fully saturated rings. The summed E-state index contributed by atoms with van der Waals surface area (Å²) in [6, 6.07) is 7.13. The molecule has 2 rings (SSSR count). The molecule has 1 aliphatic heterocycles. The van der Waals surface area contributed by atoms with Gasteiger partial charge in [-0.15, -0.1) is 0 Å². The molecule has 1 amide bonds. The minimum Gasteiger partial charge on any atom is -0.497 e. The molecule has 0 saturated carbocycles. The second kappa shape index (κ2) is 8.38. The van der Waals surface area contributed by atoms with Gasteiger partial charge in [0.05, 0.1) is 19.6 Å². The van der Waals surface area contributed by atoms with Crippen LogP contribution in [0.5, 0.6) is 5.75 Å². The van der Waals surface area contributed by atoms with Gasteiger partial charge in [0, 0.05) is 13.2 Å². The van der Waals surface area contributed by atoms with E-state index < -0.39 is 5.97 Å². The van der Waals surface area contributed by atoms with Crippen molar-refractivity contribution in [3.05, 3.63) is 29.8 Å². The topological polar surface area (TPSA) is 73.9 Å². The number of benzene rings is 1. The lowest BCUT2D eigenvalue weighted by Gasteiger charge is -2.11. The van der Waals surface area contributed by atoms with E-state index in [9.17, 15) is 9.59 Å². The molecule has 6 heteroatoms. The number of nitrogens with one attached hydrogen (secondary N) is 1. The van der Waals surface area contributed by atoms with Crippen LogP contribution in [-0.2, 0) is 25.5 Å². The molecule has 120 valence electrons. The van der Waals surface area contributed by atoms with Gasteiger partial charge >= 0.3 is 5.97 Å². The predicted octanol–water partition coefficient (Wildman–Crippen LogP) is 1.08. The molecule has 0 aromatic heterocycles. The summed E-state index contributed by atoms with van der Waals surface area (Å²) in [4.78, 5) is 23.3. The summed E-state index contributed by atoms with van der Waals surface area (Å²) < 4.78 is 15.4. The van der Waals surface area contributed by atoms with E-state index in [1.165, 1.54) is 0 Å². The zero-order valence-corrected chi connectivity index (χ0v) is 12.7. The Kier molecular flexibility index (Phi) is 6.21. The molecule has 1 N–H and O–H groups in total. The fourth-order valence-corrected chi connectivity index (χ4v) is 2.19. The Bertz CT molecular complexity index is 494. The van der Waals surface area contributed by atoms with Gasteiger partial charge in [-0.1, -0.05) is 12.1 Å². The largest absolute Gasteiger partial charge is 0.497 e. The van der Waals surface area contributed by atoms with Gasteiger partial charge in [0.25, 0.3) is 5.91 Å². The molecule has 22 heavy (non-hydrogen) atoms. The molecule has 1 atom stereocenters. The maximum atomic E-state index is 11.7. The van der Waals surface area contributed by atoms with Crippen molar-refractivity contribution in [2.24, 2.45) is 0 Å². The number of ether oxygens (including phenoxy) is 3. The minimum absolute atomic E-state index is 0.0824. The Hall–Kier alpha value is -2.08. The highest BCUT2D eigenvalue weighted by atomic mass is 16.5. The summed E-state index contributed by atoms with van der Waals surface area (Å²) in [5.74, 6) is -0.0124. The van der Waals surface area contributed by atoms with Gasteiger partial charge in [-0.2, -0.15) is 0 Å². The molecule has 1 aromatic rings. The molecule has 1 heterocycles. The SMILES string of the molecule is COc1ccc(CC(=O)OCC(=O)NC[C@H]2CCCO2)cc1. The van der Waals surface area contributed by atoms with Gasteiger partial charge < -0.3 is 19.5 Å². The zero-order chi connectivity index (χ0) is 15.8. The van der Waals surface area contributed by atoms with Crippen molar-refractivity contribution in [2.75, 3.05) is 26.9 Å². The van der Waals surface area contributed by atoms with Crippen LogP contribution in [0.4, 0.5) is 0 Å². The van der Waals surface area contributed by atoms with E-state index in [4.69, 9.17) is 14.2 Å². The third-order valence-electron chi connectivity index (χ3n) is 3.42. The quantitative estimate of drug-likeness (QED) is 0.763. The fraction of sp³-hybridized carbons (Fsp3) is 0.500. The van der Waals surface area contributed by atoms with Crippen LogP contribution in [0, 0.1) is 0 Å². The summed E-state index contributed by atoms with van der Waals surface area (Å²) in [5.41, 5.74) is 0.811. The van der Waals surface area contributed by atoms with Crippen LogP contribution in [0.3, 0.4) is 0 Å². The molecule has 0 bridgehead atoms. The summed E-state index contributed by atoms with van der Waals surface area (Å²) >= 11 is 0. The highest BCUT2D eigenvalue weighted by molar-refractivity contribution is 5.81. The van der Waals surface area contributed by atoms with E-state index in [-0.39, 0.29) is 25.0 Å². The lowest BCUT2D eigenvalue weighted by atomic mass is 10.1. The van der Waals surface area contributed by atoms with Gasteiger partial charge in [-0.25, -0.2) is 0 Å². The van der Waals surface area contributed by atoms with Crippen LogP contribution in [-0.4, -0.2) is 44.8 Å². The number of esters is 1. The normalized spacial score (nSPS) is 17.0. The van der Waals surface area contributed by atoms with Crippen molar-refractivity contribution in [1.29, 1.82) is 0 Å². The number of carbonyl (C=O) groups excluding carboxylic acids is 2. The molecule has 0 unspecified atom stereocenters. The van der Waals surface area contributed by atoms with Crippen LogP contribution in [0.2, 0.25) is 0 Å². The summed E-state index contributed by atoms with van der Waals surface area (Å²) in [7, 11) is 1.58. The minimum atomic E-state index is -0.433. The summed E-state index contributed by atoms with van der Waals surface area (Å²) in [6.45, 7) is 0.952.